The standard InChI is InChI=1S/C27H34N6OS/c1-19-8-9-24(29-18-19)33-20(2)17-22(21(33)3)26-25(23-7-4-5-10-28-23)30-27(35)32(26)12-6-11-31-13-15-34-16-14-31/h4-5,7-10,17-18,25-26H,6,11-16H2,1-3H3,(H,30,35). The van der Waals surface area contributed by atoms with Gasteiger partial charge in [0, 0.05) is 50.0 Å². The molecule has 1 N–H and O–H groups in total. The number of aromatic nitrogens is 3. The van der Waals surface area contributed by atoms with E-state index in [2.05, 4.69) is 64.7 Å². The lowest BCUT2D eigenvalue weighted by molar-refractivity contribution is 0.0365. The van der Waals surface area contributed by atoms with Crippen LogP contribution in [0.5, 0.6) is 0 Å². The Morgan fingerprint density at radius 3 is 2.60 bits per heavy atom. The summed E-state index contributed by atoms with van der Waals surface area (Å²) in [5, 5.41) is 4.39. The molecule has 5 heterocycles. The van der Waals surface area contributed by atoms with E-state index in [4.69, 9.17) is 26.9 Å². The van der Waals surface area contributed by atoms with Gasteiger partial charge in [-0.05, 0) is 74.8 Å². The maximum Gasteiger partial charge on any atom is 0.170 e. The highest BCUT2D eigenvalue weighted by Crippen LogP contribution is 2.41. The highest BCUT2D eigenvalue weighted by molar-refractivity contribution is 7.80. The summed E-state index contributed by atoms with van der Waals surface area (Å²) >= 11 is 5.89. The molecule has 35 heavy (non-hydrogen) atoms. The van der Waals surface area contributed by atoms with Gasteiger partial charge in [0.1, 0.15) is 5.82 Å². The molecule has 0 aromatic carbocycles. The average molecular weight is 491 g/mol. The van der Waals surface area contributed by atoms with E-state index in [-0.39, 0.29) is 12.1 Å². The normalized spacial score (nSPS) is 20.9. The van der Waals surface area contributed by atoms with Crippen LogP contribution in [0, 0.1) is 20.8 Å². The van der Waals surface area contributed by atoms with Crippen LogP contribution in [0.25, 0.3) is 5.82 Å². The summed E-state index contributed by atoms with van der Waals surface area (Å²) in [6.07, 6.45) is 4.83. The zero-order valence-corrected chi connectivity index (χ0v) is 21.6. The highest BCUT2D eigenvalue weighted by Gasteiger charge is 2.41. The van der Waals surface area contributed by atoms with E-state index in [1.54, 1.807) is 0 Å². The Bertz CT molecular complexity index is 1160. The molecule has 5 rings (SSSR count). The third kappa shape index (κ3) is 4.96. The van der Waals surface area contributed by atoms with Crippen LogP contribution in [-0.2, 0) is 4.74 Å². The molecule has 2 unspecified atom stereocenters. The van der Waals surface area contributed by atoms with Crippen LogP contribution < -0.4 is 5.32 Å². The van der Waals surface area contributed by atoms with Gasteiger partial charge < -0.3 is 19.5 Å². The van der Waals surface area contributed by atoms with Gasteiger partial charge in [-0.3, -0.25) is 9.88 Å². The third-order valence-electron chi connectivity index (χ3n) is 7.09. The number of rotatable bonds is 7. The van der Waals surface area contributed by atoms with E-state index >= 15 is 0 Å². The summed E-state index contributed by atoms with van der Waals surface area (Å²) in [6, 6.07) is 12.6. The second kappa shape index (κ2) is 10.4. The fourth-order valence-corrected chi connectivity index (χ4v) is 5.64. The minimum Gasteiger partial charge on any atom is -0.379 e. The van der Waals surface area contributed by atoms with Crippen molar-refractivity contribution in [3.05, 3.63) is 77.0 Å². The number of hydrogen-bond donors (Lipinski definition) is 1. The van der Waals surface area contributed by atoms with Crippen molar-refractivity contribution < 1.29 is 4.74 Å². The molecular formula is C27H34N6OS. The molecule has 8 heteroatoms. The first kappa shape index (κ1) is 23.9. The number of hydrogen-bond acceptors (Lipinski definition) is 5. The average Bonchev–Trinajstić information content (AvgIpc) is 3.36. The van der Waals surface area contributed by atoms with Crippen LogP contribution in [-0.4, -0.2) is 68.8 Å². The van der Waals surface area contributed by atoms with Crippen LogP contribution >= 0.6 is 12.2 Å². The molecule has 0 radical (unpaired) electrons. The van der Waals surface area contributed by atoms with Crippen molar-refractivity contribution in [3.63, 3.8) is 0 Å². The lowest BCUT2D eigenvalue weighted by atomic mass is 9.96. The van der Waals surface area contributed by atoms with Crippen molar-refractivity contribution in [2.45, 2.75) is 39.3 Å². The molecule has 0 aliphatic carbocycles. The molecule has 0 amide bonds. The molecule has 2 aliphatic rings. The predicted octanol–water partition coefficient (Wildman–Crippen LogP) is 3.89. The van der Waals surface area contributed by atoms with Gasteiger partial charge in [0.05, 0.1) is 31.0 Å². The fraction of sp³-hybridized carbons (Fsp3) is 0.444. The summed E-state index contributed by atoms with van der Waals surface area (Å²) in [5.74, 6) is 0.943. The molecule has 3 aromatic heterocycles. The minimum absolute atomic E-state index is 0.00739. The molecule has 0 spiro atoms. The zero-order valence-electron chi connectivity index (χ0n) is 20.8. The second-order valence-electron chi connectivity index (χ2n) is 9.48. The first-order valence-electron chi connectivity index (χ1n) is 12.4. The fourth-order valence-electron chi connectivity index (χ4n) is 5.31. The molecule has 2 atom stereocenters. The Labute approximate surface area is 213 Å². The Hall–Kier alpha value is -2.81. The Morgan fingerprint density at radius 1 is 1.06 bits per heavy atom. The molecule has 2 fully saturated rings. The largest absolute Gasteiger partial charge is 0.379 e. The van der Waals surface area contributed by atoms with Crippen LogP contribution in [0.2, 0.25) is 0 Å². The van der Waals surface area contributed by atoms with E-state index in [0.717, 1.165) is 68.0 Å². The summed E-state index contributed by atoms with van der Waals surface area (Å²) < 4.78 is 7.75. The molecule has 0 bridgehead atoms. The van der Waals surface area contributed by atoms with Crippen molar-refractivity contribution in [3.8, 4) is 5.82 Å². The summed E-state index contributed by atoms with van der Waals surface area (Å²) in [5.41, 5.74) is 5.78. The third-order valence-corrected chi connectivity index (χ3v) is 7.44. The van der Waals surface area contributed by atoms with Crippen molar-refractivity contribution >= 4 is 17.3 Å². The van der Waals surface area contributed by atoms with Gasteiger partial charge in [-0.2, -0.15) is 0 Å². The molecular weight excluding hydrogens is 456 g/mol. The number of ether oxygens (including phenoxy) is 1. The van der Waals surface area contributed by atoms with E-state index in [0.29, 0.717) is 0 Å². The van der Waals surface area contributed by atoms with Gasteiger partial charge in [0.15, 0.2) is 5.11 Å². The van der Waals surface area contributed by atoms with Gasteiger partial charge >= 0.3 is 0 Å². The van der Waals surface area contributed by atoms with Crippen molar-refractivity contribution in [1.82, 2.24) is 29.7 Å². The quantitative estimate of drug-likeness (QED) is 0.504. The summed E-state index contributed by atoms with van der Waals surface area (Å²) in [4.78, 5) is 14.2. The summed E-state index contributed by atoms with van der Waals surface area (Å²) in [7, 11) is 0. The highest BCUT2D eigenvalue weighted by atomic mass is 32.1. The summed E-state index contributed by atoms with van der Waals surface area (Å²) in [6.45, 7) is 12.0. The number of nitrogens with one attached hydrogen (secondary N) is 1. The second-order valence-corrected chi connectivity index (χ2v) is 9.87. The van der Waals surface area contributed by atoms with Gasteiger partial charge in [0.2, 0.25) is 0 Å². The van der Waals surface area contributed by atoms with Crippen molar-refractivity contribution in [2.24, 2.45) is 0 Å². The smallest absolute Gasteiger partial charge is 0.170 e. The zero-order chi connectivity index (χ0) is 24.4. The van der Waals surface area contributed by atoms with Crippen LogP contribution in [0.3, 0.4) is 0 Å². The molecule has 184 valence electrons. The van der Waals surface area contributed by atoms with Crippen molar-refractivity contribution in [2.75, 3.05) is 39.4 Å². The van der Waals surface area contributed by atoms with E-state index in [9.17, 15) is 0 Å². The van der Waals surface area contributed by atoms with Crippen LogP contribution in [0.1, 0.15) is 46.7 Å². The molecule has 2 aliphatic heterocycles. The van der Waals surface area contributed by atoms with Crippen LogP contribution in [0.15, 0.2) is 48.8 Å². The lowest BCUT2D eigenvalue weighted by Crippen LogP contribution is -2.39. The number of thiocarbonyl (C=S) groups is 1. The topological polar surface area (TPSA) is 58.5 Å². The molecule has 3 aromatic rings. The number of morpholine rings is 1. The number of aryl methyl sites for hydroxylation is 2. The lowest BCUT2D eigenvalue weighted by Gasteiger charge is -2.30. The van der Waals surface area contributed by atoms with E-state index in [1.807, 2.05) is 24.5 Å². The number of pyridine rings is 2. The van der Waals surface area contributed by atoms with Crippen molar-refractivity contribution in [1.29, 1.82) is 0 Å². The van der Waals surface area contributed by atoms with Gasteiger partial charge in [0.25, 0.3) is 0 Å². The SMILES string of the molecule is Cc1ccc(-n2c(C)cc(C3C(c4ccccn4)NC(=S)N3CCCN3CCOCC3)c2C)nc1. The molecule has 0 saturated carbocycles. The maximum atomic E-state index is 5.89. The van der Waals surface area contributed by atoms with E-state index < -0.39 is 0 Å². The van der Waals surface area contributed by atoms with Crippen LogP contribution in [0.4, 0.5) is 0 Å². The minimum atomic E-state index is -0.00739. The van der Waals surface area contributed by atoms with Gasteiger partial charge in [-0.25, -0.2) is 4.98 Å². The Morgan fingerprint density at radius 2 is 1.89 bits per heavy atom. The Kier molecular flexibility index (Phi) is 7.13. The first-order chi connectivity index (χ1) is 17.0. The van der Waals surface area contributed by atoms with Gasteiger partial charge in [-0.1, -0.05) is 12.1 Å². The molecule has 2 saturated heterocycles. The first-order valence-corrected chi connectivity index (χ1v) is 12.8. The number of nitrogens with zero attached hydrogens (tertiary/aromatic N) is 5. The molecule has 7 nitrogen and oxygen atoms in total. The Balaban J connectivity index is 1.47. The van der Waals surface area contributed by atoms with Gasteiger partial charge in [-0.15, -0.1) is 0 Å². The monoisotopic (exact) mass is 490 g/mol. The maximum absolute atomic E-state index is 5.89. The van der Waals surface area contributed by atoms with E-state index in [1.165, 1.54) is 17.0 Å². The predicted molar refractivity (Wildman–Crippen MR) is 142 cm³/mol.